The van der Waals surface area contributed by atoms with E-state index < -0.39 is 6.09 Å². The minimum absolute atomic E-state index is 0.237. The van der Waals surface area contributed by atoms with E-state index in [1.54, 1.807) is 12.3 Å². The molecular formula is C24H26FN3O2. The number of anilines is 2. The summed E-state index contributed by atoms with van der Waals surface area (Å²) in [5.41, 5.74) is 6.10. The van der Waals surface area contributed by atoms with Crippen LogP contribution in [-0.2, 0) is 4.74 Å². The molecule has 6 heteroatoms. The molecule has 0 atom stereocenters. The topological polar surface area (TPSA) is 63.2 Å². The number of pyridine rings is 1. The van der Waals surface area contributed by atoms with Crippen LogP contribution in [-0.4, -0.2) is 24.2 Å². The third kappa shape index (κ3) is 4.76. The quantitative estimate of drug-likeness (QED) is 0.531. The van der Waals surface area contributed by atoms with Crippen LogP contribution in [0.1, 0.15) is 25.0 Å². The zero-order chi connectivity index (χ0) is 21.8. The van der Waals surface area contributed by atoms with Crippen LogP contribution in [0.15, 0.2) is 48.7 Å². The van der Waals surface area contributed by atoms with Crippen molar-refractivity contribution in [3.63, 3.8) is 0 Å². The van der Waals surface area contributed by atoms with Crippen LogP contribution in [0.25, 0.3) is 22.3 Å². The van der Waals surface area contributed by atoms with Crippen molar-refractivity contribution in [2.45, 2.75) is 33.7 Å². The van der Waals surface area contributed by atoms with Crippen LogP contribution in [0.4, 0.5) is 20.7 Å². The van der Waals surface area contributed by atoms with Gasteiger partial charge in [0.05, 0.1) is 7.11 Å². The minimum atomic E-state index is -0.566. The maximum Gasteiger partial charge on any atom is 0.412 e. The third-order valence-electron chi connectivity index (χ3n) is 4.78. The van der Waals surface area contributed by atoms with Crippen LogP contribution in [0.3, 0.4) is 0 Å². The summed E-state index contributed by atoms with van der Waals surface area (Å²) in [4.78, 5) is 15.6. The van der Waals surface area contributed by atoms with E-state index in [2.05, 4.69) is 20.4 Å². The number of rotatable bonds is 5. The Bertz CT molecular complexity index is 1060. The number of nitrogens with one attached hydrogen (secondary N) is 2. The standard InChI is InChI=1S/C24H26FN3O2/c1-14(2)27-18-7-8-19(22(25)12-18)21-11-15(3)20(10-16(21)4)17-6-9-23(26-13-17)28-24(29)30-5/h6-14,27H,1-5H3,(H,26,28,29). The summed E-state index contributed by atoms with van der Waals surface area (Å²) < 4.78 is 19.4. The largest absolute Gasteiger partial charge is 0.453 e. The highest BCUT2D eigenvalue weighted by molar-refractivity contribution is 5.84. The fourth-order valence-corrected chi connectivity index (χ4v) is 3.36. The fraction of sp³-hybridized carbons (Fsp3) is 0.250. The van der Waals surface area contributed by atoms with E-state index in [-0.39, 0.29) is 11.9 Å². The molecule has 0 unspecified atom stereocenters. The van der Waals surface area contributed by atoms with Crippen molar-refractivity contribution in [3.05, 3.63) is 65.6 Å². The average molecular weight is 407 g/mol. The molecule has 156 valence electrons. The van der Waals surface area contributed by atoms with Crippen molar-refractivity contribution in [3.8, 4) is 22.3 Å². The molecule has 0 aliphatic carbocycles. The molecule has 0 fully saturated rings. The highest BCUT2D eigenvalue weighted by atomic mass is 19.1. The molecule has 30 heavy (non-hydrogen) atoms. The number of amides is 1. The average Bonchev–Trinajstić information content (AvgIpc) is 2.70. The minimum Gasteiger partial charge on any atom is -0.453 e. The summed E-state index contributed by atoms with van der Waals surface area (Å²) >= 11 is 0. The predicted molar refractivity (Wildman–Crippen MR) is 119 cm³/mol. The lowest BCUT2D eigenvalue weighted by atomic mass is 9.92. The first-order valence-electron chi connectivity index (χ1n) is 9.77. The Morgan fingerprint density at radius 2 is 1.70 bits per heavy atom. The monoisotopic (exact) mass is 407 g/mol. The highest BCUT2D eigenvalue weighted by Crippen LogP contribution is 2.34. The molecule has 0 aliphatic heterocycles. The molecule has 0 bridgehead atoms. The van der Waals surface area contributed by atoms with Crippen LogP contribution >= 0.6 is 0 Å². The van der Waals surface area contributed by atoms with Gasteiger partial charge >= 0.3 is 6.09 Å². The molecule has 0 saturated carbocycles. The van der Waals surface area contributed by atoms with Gasteiger partial charge in [0.1, 0.15) is 11.6 Å². The predicted octanol–water partition coefficient (Wildman–Crippen LogP) is 6.17. The van der Waals surface area contributed by atoms with Crippen LogP contribution in [0, 0.1) is 19.7 Å². The molecule has 0 aliphatic rings. The van der Waals surface area contributed by atoms with Crippen molar-refractivity contribution >= 4 is 17.6 Å². The van der Waals surface area contributed by atoms with Gasteiger partial charge < -0.3 is 10.1 Å². The van der Waals surface area contributed by atoms with E-state index in [0.29, 0.717) is 11.4 Å². The number of aryl methyl sites for hydroxylation is 2. The number of halogens is 1. The Kier molecular flexibility index (Phi) is 6.35. The first-order chi connectivity index (χ1) is 14.3. The number of aromatic nitrogens is 1. The van der Waals surface area contributed by atoms with Crippen molar-refractivity contribution in [2.24, 2.45) is 0 Å². The van der Waals surface area contributed by atoms with Gasteiger partial charge in [0.15, 0.2) is 0 Å². The number of nitrogens with zero attached hydrogens (tertiary/aromatic N) is 1. The third-order valence-corrected chi connectivity index (χ3v) is 4.78. The molecule has 2 aromatic carbocycles. The normalized spacial score (nSPS) is 10.8. The van der Waals surface area contributed by atoms with E-state index in [1.807, 2.05) is 58.0 Å². The Hall–Kier alpha value is -3.41. The molecule has 2 N–H and O–H groups in total. The van der Waals surface area contributed by atoms with Crippen molar-refractivity contribution in [1.82, 2.24) is 4.98 Å². The van der Waals surface area contributed by atoms with E-state index in [0.717, 1.165) is 33.5 Å². The lowest BCUT2D eigenvalue weighted by Crippen LogP contribution is -2.11. The van der Waals surface area contributed by atoms with E-state index >= 15 is 0 Å². The van der Waals surface area contributed by atoms with Gasteiger partial charge in [-0.25, -0.2) is 14.2 Å². The molecule has 0 radical (unpaired) electrons. The van der Waals surface area contributed by atoms with Crippen LogP contribution < -0.4 is 10.6 Å². The Morgan fingerprint density at radius 1 is 1.00 bits per heavy atom. The van der Waals surface area contributed by atoms with Gasteiger partial charge in [0.2, 0.25) is 0 Å². The fourth-order valence-electron chi connectivity index (χ4n) is 3.36. The number of ether oxygens (including phenoxy) is 1. The van der Waals surface area contributed by atoms with Gasteiger partial charge in [-0.2, -0.15) is 0 Å². The summed E-state index contributed by atoms with van der Waals surface area (Å²) in [5.74, 6) is 0.157. The zero-order valence-corrected chi connectivity index (χ0v) is 17.8. The van der Waals surface area contributed by atoms with E-state index in [1.165, 1.54) is 13.2 Å². The highest BCUT2D eigenvalue weighted by Gasteiger charge is 2.13. The lowest BCUT2D eigenvalue weighted by molar-refractivity contribution is 0.187. The van der Waals surface area contributed by atoms with Crippen molar-refractivity contribution in [1.29, 1.82) is 0 Å². The first kappa shape index (κ1) is 21.3. The Labute approximate surface area is 176 Å². The second kappa shape index (κ2) is 8.95. The summed E-state index contributed by atoms with van der Waals surface area (Å²) in [6.45, 7) is 8.00. The van der Waals surface area contributed by atoms with Gasteiger partial charge in [-0.1, -0.05) is 12.1 Å². The van der Waals surface area contributed by atoms with E-state index in [4.69, 9.17) is 0 Å². The first-order valence-corrected chi connectivity index (χ1v) is 9.77. The zero-order valence-electron chi connectivity index (χ0n) is 17.8. The van der Waals surface area contributed by atoms with Crippen molar-refractivity contribution in [2.75, 3.05) is 17.7 Å². The summed E-state index contributed by atoms with van der Waals surface area (Å²) in [7, 11) is 1.30. The van der Waals surface area contributed by atoms with Crippen molar-refractivity contribution < 1.29 is 13.9 Å². The van der Waals surface area contributed by atoms with Gasteiger partial charge in [-0.05, 0) is 80.3 Å². The molecular weight excluding hydrogens is 381 g/mol. The van der Waals surface area contributed by atoms with E-state index in [9.17, 15) is 9.18 Å². The van der Waals surface area contributed by atoms with Gasteiger partial charge in [0, 0.05) is 29.1 Å². The number of hydrogen-bond donors (Lipinski definition) is 2. The Morgan fingerprint density at radius 3 is 2.30 bits per heavy atom. The molecule has 0 spiro atoms. The van der Waals surface area contributed by atoms with Crippen LogP contribution in [0.5, 0.6) is 0 Å². The number of hydrogen-bond acceptors (Lipinski definition) is 4. The smallest absolute Gasteiger partial charge is 0.412 e. The second-order valence-electron chi connectivity index (χ2n) is 7.52. The Balaban J connectivity index is 1.92. The SMILES string of the molecule is COC(=O)Nc1ccc(-c2cc(C)c(-c3ccc(NC(C)C)cc3F)cc2C)cn1. The summed E-state index contributed by atoms with van der Waals surface area (Å²) in [5, 5.41) is 5.75. The number of benzene rings is 2. The lowest BCUT2D eigenvalue weighted by Gasteiger charge is -2.15. The van der Waals surface area contributed by atoms with Gasteiger partial charge in [-0.15, -0.1) is 0 Å². The van der Waals surface area contributed by atoms with Gasteiger partial charge in [-0.3, -0.25) is 5.32 Å². The number of methoxy groups -OCH3 is 1. The molecule has 5 nitrogen and oxygen atoms in total. The van der Waals surface area contributed by atoms with Gasteiger partial charge in [0.25, 0.3) is 0 Å². The van der Waals surface area contributed by atoms with Crippen LogP contribution in [0.2, 0.25) is 0 Å². The number of carbonyl (C=O) groups is 1. The summed E-state index contributed by atoms with van der Waals surface area (Å²) in [6, 6.07) is 13.1. The molecule has 1 heterocycles. The second-order valence-corrected chi connectivity index (χ2v) is 7.52. The molecule has 3 aromatic rings. The molecule has 3 rings (SSSR count). The maximum atomic E-state index is 14.8. The molecule has 0 saturated heterocycles. The maximum absolute atomic E-state index is 14.8. The molecule has 1 amide bonds. The summed E-state index contributed by atoms with van der Waals surface area (Å²) in [6.07, 6.45) is 1.13. The number of carbonyl (C=O) groups excluding carboxylic acids is 1. The molecule has 1 aromatic heterocycles.